The average Bonchev–Trinajstić information content (AvgIpc) is 2.69. The van der Waals surface area contributed by atoms with Crippen LogP contribution in [-0.2, 0) is 15.2 Å². The Morgan fingerprint density at radius 2 is 1.82 bits per heavy atom. The Labute approximate surface area is 193 Å². The van der Waals surface area contributed by atoms with Crippen molar-refractivity contribution in [1.82, 2.24) is 4.90 Å². The van der Waals surface area contributed by atoms with Gasteiger partial charge in [-0.25, -0.2) is 4.39 Å². The number of amides is 1. The maximum absolute atomic E-state index is 17.1. The number of ketones is 1. The van der Waals surface area contributed by atoms with Crippen LogP contribution < -0.4 is 11.5 Å². The molecule has 0 saturated carbocycles. The molecule has 0 saturated heterocycles. The van der Waals surface area contributed by atoms with Crippen molar-refractivity contribution < 1.29 is 39.5 Å². The van der Waals surface area contributed by atoms with Gasteiger partial charge in [-0.15, -0.1) is 0 Å². The third-order valence-electron chi connectivity index (χ3n) is 7.47. The van der Waals surface area contributed by atoms with Crippen LogP contribution in [0.3, 0.4) is 0 Å². The lowest BCUT2D eigenvalue weighted by Crippen LogP contribution is -2.78. The molecule has 4 rings (SSSR count). The summed E-state index contributed by atoms with van der Waals surface area (Å²) < 4.78 is 17.1. The number of alkyl halides is 1. The topological polar surface area (TPSA) is 191 Å². The van der Waals surface area contributed by atoms with E-state index in [0.717, 1.165) is 4.90 Å². The van der Waals surface area contributed by atoms with Crippen molar-refractivity contribution >= 4 is 17.3 Å². The van der Waals surface area contributed by atoms with E-state index >= 15 is 4.39 Å². The molecule has 0 bridgehead atoms. The van der Waals surface area contributed by atoms with E-state index in [1.54, 1.807) is 0 Å². The number of benzene rings is 1. The van der Waals surface area contributed by atoms with Gasteiger partial charge in [0.2, 0.25) is 11.4 Å². The SMILES string of the molecule is C=C1C2=C(O)[C@]3(O)C(=O)C(C(N)=O)=C(O)[C@@H](N(C)C)[C@]3(F)C[C@]2(N)[C@](C)(O)c2cccc(O)c21. The molecule has 1 aromatic carbocycles. The number of carbonyl (C=O) groups is 2. The number of phenols is 1. The van der Waals surface area contributed by atoms with Gasteiger partial charge in [0.15, 0.2) is 5.67 Å². The molecule has 9 N–H and O–H groups in total. The van der Waals surface area contributed by atoms with Crippen molar-refractivity contribution in [1.29, 1.82) is 0 Å². The first-order chi connectivity index (χ1) is 15.5. The maximum atomic E-state index is 17.1. The van der Waals surface area contributed by atoms with E-state index in [-0.39, 0.29) is 22.4 Å². The molecule has 34 heavy (non-hydrogen) atoms. The second kappa shape index (κ2) is 6.66. The molecular weight excluding hydrogens is 449 g/mol. The lowest BCUT2D eigenvalue weighted by atomic mass is 9.50. The van der Waals surface area contributed by atoms with Crippen LogP contribution >= 0.6 is 0 Å². The summed E-state index contributed by atoms with van der Waals surface area (Å²) in [4.78, 5) is 26.4. The lowest BCUT2D eigenvalue weighted by Gasteiger charge is -2.60. The van der Waals surface area contributed by atoms with Gasteiger partial charge in [0.05, 0.1) is 5.54 Å². The molecule has 5 atom stereocenters. The second-order valence-corrected chi connectivity index (χ2v) is 9.51. The average molecular weight is 475 g/mol. The first kappa shape index (κ1) is 23.9. The van der Waals surface area contributed by atoms with Crippen molar-refractivity contribution in [3.8, 4) is 5.75 Å². The zero-order valence-electron chi connectivity index (χ0n) is 18.8. The Balaban J connectivity index is 2.16. The number of aliphatic hydroxyl groups excluding tert-OH is 2. The minimum Gasteiger partial charge on any atom is -0.510 e. The molecule has 3 aliphatic carbocycles. The number of phenolic OH excluding ortho intramolecular Hbond substituents is 1. The minimum atomic E-state index is -3.42. The summed E-state index contributed by atoms with van der Waals surface area (Å²) in [7, 11) is 2.61. The normalized spacial score (nSPS) is 37.5. The summed E-state index contributed by atoms with van der Waals surface area (Å²) >= 11 is 0. The fourth-order valence-corrected chi connectivity index (χ4v) is 5.80. The van der Waals surface area contributed by atoms with Crippen LogP contribution in [0.2, 0.25) is 0 Å². The van der Waals surface area contributed by atoms with Gasteiger partial charge in [0.25, 0.3) is 5.91 Å². The van der Waals surface area contributed by atoms with Gasteiger partial charge in [0.1, 0.15) is 34.5 Å². The smallest absolute Gasteiger partial charge is 0.255 e. The predicted octanol–water partition coefficient (Wildman–Crippen LogP) is -0.210. The highest BCUT2D eigenvalue weighted by Gasteiger charge is 2.76. The summed E-state index contributed by atoms with van der Waals surface area (Å²) in [5, 5.41) is 55.7. The van der Waals surface area contributed by atoms with E-state index < -0.39 is 69.2 Å². The first-order valence-corrected chi connectivity index (χ1v) is 10.3. The standard InChI is InChI=1S/C23H26FN3O7/c1-9-12-10(6-5-7-11(12)28)20(2,33)22(26)8-21(24)16(27(3)4)15(29)13(19(25)32)17(30)23(21,34)18(31)14(9)22/h5-7,16,28-29,31,33-34H,1,8,26H2,2-4H3,(H2,25,32)/t16-,20-,21-,22-,23-/m1/s1. The number of hydrogen-bond acceptors (Lipinski definition) is 9. The molecule has 3 aliphatic rings. The molecule has 1 aromatic rings. The minimum absolute atomic E-state index is 0.0222. The maximum Gasteiger partial charge on any atom is 0.255 e. The second-order valence-electron chi connectivity index (χ2n) is 9.51. The zero-order valence-corrected chi connectivity index (χ0v) is 18.8. The highest BCUT2D eigenvalue weighted by atomic mass is 19.1. The van der Waals surface area contributed by atoms with Gasteiger partial charge in [-0.2, -0.15) is 0 Å². The number of aromatic hydroxyl groups is 1. The van der Waals surface area contributed by atoms with E-state index in [4.69, 9.17) is 11.5 Å². The van der Waals surface area contributed by atoms with Crippen molar-refractivity contribution in [3.05, 3.63) is 58.6 Å². The summed E-state index contributed by atoms with van der Waals surface area (Å²) in [6.07, 6.45) is -0.998. The molecule has 0 fully saturated rings. The van der Waals surface area contributed by atoms with Crippen molar-refractivity contribution in [3.63, 3.8) is 0 Å². The van der Waals surface area contributed by atoms with Gasteiger partial charge < -0.3 is 37.0 Å². The van der Waals surface area contributed by atoms with Crippen LogP contribution in [-0.4, -0.2) is 79.1 Å². The van der Waals surface area contributed by atoms with E-state index in [0.29, 0.717) is 0 Å². The van der Waals surface area contributed by atoms with Gasteiger partial charge in [0, 0.05) is 17.6 Å². The number of likely N-dealkylation sites (N-methyl/N-ethyl adjacent to an activating group) is 1. The third kappa shape index (κ3) is 2.37. The Kier molecular flexibility index (Phi) is 4.68. The lowest BCUT2D eigenvalue weighted by molar-refractivity contribution is -0.183. The van der Waals surface area contributed by atoms with E-state index in [1.807, 2.05) is 0 Å². The van der Waals surface area contributed by atoms with Crippen LogP contribution in [0.1, 0.15) is 24.5 Å². The number of Topliss-reactive ketones (excluding diaryl/α,β-unsaturated/α-hetero) is 1. The molecule has 0 radical (unpaired) electrons. The van der Waals surface area contributed by atoms with Crippen LogP contribution in [0.5, 0.6) is 5.75 Å². The van der Waals surface area contributed by atoms with E-state index in [9.17, 15) is 35.1 Å². The quantitative estimate of drug-likeness (QED) is 0.284. The number of nitrogens with two attached hydrogens (primary N) is 2. The summed E-state index contributed by atoms with van der Waals surface area (Å²) in [5.41, 5.74) is -0.825. The third-order valence-corrected chi connectivity index (χ3v) is 7.47. The number of aliphatic hydroxyl groups is 4. The van der Waals surface area contributed by atoms with Crippen molar-refractivity contribution in [2.24, 2.45) is 11.5 Å². The summed E-state index contributed by atoms with van der Waals surface area (Å²) in [6, 6.07) is 2.29. The van der Waals surface area contributed by atoms with Gasteiger partial charge >= 0.3 is 0 Å². The van der Waals surface area contributed by atoms with Crippen molar-refractivity contribution in [2.75, 3.05) is 14.1 Å². The molecule has 0 unspecified atom stereocenters. The molecular formula is C23H26FN3O7. The molecule has 0 heterocycles. The van der Waals surface area contributed by atoms with Crippen molar-refractivity contribution in [2.45, 2.75) is 41.8 Å². The highest BCUT2D eigenvalue weighted by Crippen LogP contribution is 2.62. The van der Waals surface area contributed by atoms with E-state index in [1.165, 1.54) is 39.2 Å². The Hall–Kier alpha value is -3.25. The van der Waals surface area contributed by atoms with Crippen LogP contribution in [0.4, 0.5) is 4.39 Å². The molecule has 0 spiro atoms. The molecule has 182 valence electrons. The Bertz CT molecular complexity index is 1250. The monoisotopic (exact) mass is 475 g/mol. The van der Waals surface area contributed by atoms with Gasteiger partial charge in [-0.1, -0.05) is 18.7 Å². The summed E-state index contributed by atoms with van der Waals surface area (Å²) in [5.74, 6) is -5.79. The van der Waals surface area contributed by atoms with Crippen LogP contribution in [0, 0.1) is 0 Å². The largest absolute Gasteiger partial charge is 0.510 e. The van der Waals surface area contributed by atoms with Gasteiger partial charge in [-0.3, -0.25) is 14.5 Å². The molecule has 10 nitrogen and oxygen atoms in total. The molecule has 0 aromatic heterocycles. The fourth-order valence-electron chi connectivity index (χ4n) is 5.80. The van der Waals surface area contributed by atoms with Crippen LogP contribution in [0.25, 0.3) is 5.57 Å². The molecule has 1 amide bonds. The fraction of sp³-hybridized carbons (Fsp3) is 0.391. The van der Waals surface area contributed by atoms with E-state index in [2.05, 4.69) is 6.58 Å². The van der Waals surface area contributed by atoms with Gasteiger partial charge in [-0.05, 0) is 38.2 Å². The predicted molar refractivity (Wildman–Crippen MR) is 118 cm³/mol. The first-order valence-electron chi connectivity index (χ1n) is 10.3. The number of nitrogens with zero attached hydrogens (tertiary/aromatic N) is 1. The number of hydrogen-bond donors (Lipinski definition) is 7. The Morgan fingerprint density at radius 3 is 2.35 bits per heavy atom. The summed E-state index contributed by atoms with van der Waals surface area (Å²) in [6.45, 7) is 5.06. The Morgan fingerprint density at radius 1 is 1.24 bits per heavy atom. The number of halogens is 1. The highest BCUT2D eigenvalue weighted by molar-refractivity contribution is 6.24. The number of rotatable bonds is 2. The van der Waals surface area contributed by atoms with Crippen LogP contribution in [0.15, 0.2) is 47.4 Å². The zero-order chi connectivity index (χ0) is 25.8. The number of primary amides is 1. The molecule has 11 heteroatoms. The number of fused-ring (bicyclic) bond motifs is 3. The molecule has 0 aliphatic heterocycles. The number of carbonyl (C=O) groups excluding carboxylic acids is 2.